The molecule has 0 spiro atoms. The number of rotatable bonds is 4. The van der Waals surface area contributed by atoms with Gasteiger partial charge < -0.3 is 5.11 Å². The third-order valence-corrected chi connectivity index (χ3v) is 1.75. The normalized spacial score (nSPS) is 12.4. The summed E-state index contributed by atoms with van der Waals surface area (Å²) in [6, 6.07) is 0. The molecule has 1 aromatic rings. The summed E-state index contributed by atoms with van der Waals surface area (Å²) in [5.74, 6) is 0.585. The summed E-state index contributed by atoms with van der Waals surface area (Å²) in [6.45, 7) is 8.30. The van der Waals surface area contributed by atoms with Crippen LogP contribution in [0.5, 0.6) is 0 Å². The molecule has 14 heavy (non-hydrogen) atoms. The van der Waals surface area contributed by atoms with Crippen LogP contribution in [0.25, 0.3) is 0 Å². The molecule has 80 valence electrons. The predicted molar refractivity (Wildman–Crippen MR) is 54.9 cm³/mol. The molecule has 1 N–H and O–H groups in total. The van der Waals surface area contributed by atoms with E-state index in [1.54, 1.807) is 18.5 Å². The van der Waals surface area contributed by atoms with Crippen LogP contribution in [0.2, 0.25) is 0 Å². The third-order valence-electron chi connectivity index (χ3n) is 1.75. The lowest BCUT2D eigenvalue weighted by Gasteiger charge is -2.15. The molecule has 4 nitrogen and oxygen atoms in total. The number of hydrogen-bond donors (Lipinski definition) is 1. The number of nitrogens with zero attached hydrogens (tertiary/aromatic N) is 3. The summed E-state index contributed by atoms with van der Waals surface area (Å²) in [5, 5.41) is 17.6. The topological polar surface area (TPSA) is 50.9 Å². The van der Waals surface area contributed by atoms with Crippen LogP contribution in [0, 0.1) is 5.92 Å². The van der Waals surface area contributed by atoms with Crippen molar-refractivity contribution in [3.8, 4) is 0 Å². The molecule has 0 saturated heterocycles. The molecule has 0 aliphatic heterocycles. The van der Waals surface area contributed by atoms with Crippen molar-refractivity contribution in [2.75, 3.05) is 0 Å². The van der Waals surface area contributed by atoms with E-state index in [2.05, 4.69) is 24.2 Å². The molecule has 0 aromatic carbocycles. The third kappa shape index (κ3) is 3.87. The fourth-order valence-corrected chi connectivity index (χ4v) is 1.32. The maximum absolute atomic E-state index is 9.57. The van der Waals surface area contributed by atoms with E-state index in [4.69, 9.17) is 0 Å². The summed E-state index contributed by atoms with van der Waals surface area (Å²) in [6.07, 6.45) is 2.84. The average Bonchev–Trinajstić information content (AvgIpc) is 2.30. The first-order chi connectivity index (χ1) is 6.37. The molecule has 4 heteroatoms. The van der Waals surface area contributed by atoms with Gasteiger partial charge in [0.05, 0.1) is 17.8 Å². The van der Waals surface area contributed by atoms with Crippen molar-refractivity contribution < 1.29 is 5.11 Å². The van der Waals surface area contributed by atoms with Crippen molar-refractivity contribution in [3.63, 3.8) is 0 Å². The van der Waals surface area contributed by atoms with Gasteiger partial charge in [0.2, 0.25) is 0 Å². The van der Waals surface area contributed by atoms with Crippen LogP contribution in [0.1, 0.15) is 33.4 Å². The van der Waals surface area contributed by atoms with Crippen LogP contribution in [0.15, 0.2) is 6.20 Å². The van der Waals surface area contributed by atoms with Crippen LogP contribution < -0.4 is 0 Å². The fraction of sp³-hybridized carbons (Fsp3) is 0.800. The lowest BCUT2D eigenvalue weighted by Crippen LogP contribution is -2.26. The lowest BCUT2D eigenvalue weighted by atomic mass is 10.1. The SMILES string of the molecule is CC(C)Cc1cn(CC(C)(C)O)nn1. The minimum absolute atomic E-state index is 0.484. The highest BCUT2D eigenvalue weighted by atomic mass is 16.3. The van der Waals surface area contributed by atoms with E-state index < -0.39 is 5.60 Å². The molecule has 0 bridgehead atoms. The van der Waals surface area contributed by atoms with Gasteiger partial charge in [0, 0.05) is 6.20 Å². The van der Waals surface area contributed by atoms with Crippen LogP contribution >= 0.6 is 0 Å². The Morgan fingerprint density at radius 1 is 1.50 bits per heavy atom. The summed E-state index contributed by atoms with van der Waals surface area (Å²) < 4.78 is 1.69. The van der Waals surface area contributed by atoms with Crippen molar-refractivity contribution in [2.45, 2.75) is 46.3 Å². The van der Waals surface area contributed by atoms with Crippen LogP contribution in [-0.4, -0.2) is 25.7 Å². The molecule has 0 radical (unpaired) electrons. The van der Waals surface area contributed by atoms with Gasteiger partial charge in [-0.2, -0.15) is 0 Å². The molecule has 0 fully saturated rings. The van der Waals surface area contributed by atoms with Crippen molar-refractivity contribution in [2.24, 2.45) is 5.92 Å². The van der Waals surface area contributed by atoms with Crippen LogP contribution in [0.3, 0.4) is 0 Å². The highest BCUT2D eigenvalue weighted by Crippen LogP contribution is 2.07. The second kappa shape index (κ2) is 4.09. The molecule has 1 aromatic heterocycles. The van der Waals surface area contributed by atoms with Gasteiger partial charge in [0.25, 0.3) is 0 Å². The number of aliphatic hydroxyl groups is 1. The summed E-state index contributed by atoms with van der Waals surface area (Å²) >= 11 is 0. The first-order valence-corrected chi connectivity index (χ1v) is 4.98. The molecule has 0 unspecified atom stereocenters. The van der Waals surface area contributed by atoms with Crippen molar-refractivity contribution in [1.82, 2.24) is 15.0 Å². The molecule has 1 heterocycles. The Morgan fingerprint density at radius 3 is 2.64 bits per heavy atom. The second-order valence-corrected chi connectivity index (χ2v) is 4.82. The molecule has 1 rings (SSSR count). The van der Waals surface area contributed by atoms with E-state index in [1.165, 1.54) is 0 Å². The smallest absolute Gasteiger partial charge is 0.0829 e. The zero-order chi connectivity index (χ0) is 10.8. The Morgan fingerprint density at radius 2 is 2.14 bits per heavy atom. The quantitative estimate of drug-likeness (QED) is 0.790. The molecule has 0 atom stereocenters. The van der Waals surface area contributed by atoms with Gasteiger partial charge in [0.1, 0.15) is 0 Å². The second-order valence-electron chi connectivity index (χ2n) is 4.82. The van der Waals surface area contributed by atoms with Gasteiger partial charge in [-0.25, -0.2) is 4.68 Å². The molecular formula is C10H19N3O. The monoisotopic (exact) mass is 197 g/mol. The average molecular weight is 197 g/mol. The summed E-state index contributed by atoms with van der Waals surface area (Å²) in [4.78, 5) is 0. The minimum Gasteiger partial charge on any atom is -0.389 e. The zero-order valence-corrected chi connectivity index (χ0v) is 9.36. The maximum Gasteiger partial charge on any atom is 0.0829 e. The highest BCUT2D eigenvalue weighted by Gasteiger charge is 2.14. The molecule has 0 saturated carbocycles. The van der Waals surface area contributed by atoms with Gasteiger partial charge in [0.15, 0.2) is 0 Å². The molecule has 0 aliphatic carbocycles. The predicted octanol–water partition coefficient (Wildman–Crippen LogP) is 1.25. The first-order valence-electron chi connectivity index (χ1n) is 4.98. The van der Waals surface area contributed by atoms with Gasteiger partial charge >= 0.3 is 0 Å². The van der Waals surface area contributed by atoms with Crippen molar-refractivity contribution in [3.05, 3.63) is 11.9 Å². The summed E-state index contributed by atoms with van der Waals surface area (Å²) in [7, 11) is 0. The standard InChI is InChI=1S/C10H19N3O/c1-8(2)5-9-6-13(12-11-9)7-10(3,4)14/h6,8,14H,5,7H2,1-4H3. The van der Waals surface area contributed by atoms with E-state index in [-0.39, 0.29) is 0 Å². The first kappa shape index (κ1) is 11.2. The number of hydrogen-bond acceptors (Lipinski definition) is 3. The van der Waals surface area contributed by atoms with E-state index in [9.17, 15) is 5.11 Å². The minimum atomic E-state index is -0.733. The van der Waals surface area contributed by atoms with E-state index in [1.807, 2.05) is 6.20 Å². The van der Waals surface area contributed by atoms with Crippen molar-refractivity contribution >= 4 is 0 Å². The molecule has 0 amide bonds. The Labute approximate surface area is 84.9 Å². The Bertz CT molecular complexity index is 286. The van der Waals surface area contributed by atoms with E-state index >= 15 is 0 Å². The molecule has 0 aliphatic rings. The van der Waals surface area contributed by atoms with Gasteiger partial charge in [-0.3, -0.25) is 0 Å². The van der Waals surface area contributed by atoms with Crippen molar-refractivity contribution in [1.29, 1.82) is 0 Å². The summed E-state index contributed by atoms with van der Waals surface area (Å²) in [5.41, 5.74) is 0.257. The fourth-order valence-electron chi connectivity index (χ4n) is 1.32. The van der Waals surface area contributed by atoms with Crippen LogP contribution in [0.4, 0.5) is 0 Å². The van der Waals surface area contributed by atoms with Gasteiger partial charge in [-0.15, -0.1) is 5.10 Å². The van der Waals surface area contributed by atoms with Crippen LogP contribution in [-0.2, 0) is 13.0 Å². The zero-order valence-electron chi connectivity index (χ0n) is 9.36. The van der Waals surface area contributed by atoms with Gasteiger partial charge in [-0.1, -0.05) is 19.1 Å². The Hall–Kier alpha value is -0.900. The van der Waals surface area contributed by atoms with Gasteiger partial charge in [-0.05, 0) is 26.2 Å². The Balaban J connectivity index is 2.60. The van der Waals surface area contributed by atoms with E-state index in [0.29, 0.717) is 12.5 Å². The van der Waals surface area contributed by atoms with E-state index in [0.717, 1.165) is 12.1 Å². The lowest BCUT2D eigenvalue weighted by molar-refractivity contribution is 0.0571. The largest absolute Gasteiger partial charge is 0.389 e. The molecular weight excluding hydrogens is 178 g/mol. The number of aromatic nitrogens is 3. The Kier molecular flexibility index (Phi) is 3.26. The maximum atomic E-state index is 9.57. The highest BCUT2D eigenvalue weighted by molar-refractivity contribution is 4.93.